The summed E-state index contributed by atoms with van der Waals surface area (Å²) in [6.45, 7) is 7.66. The Kier molecular flexibility index (Phi) is 4.02. The molecule has 2 aliphatic rings. The van der Waals surface area contributed by atoms with Crippen LogP contribution in [0.25, 0.3) is 0 Å². The summed E-state index contributed by atoms with van der Waals surface area (Å²) in [6.07, 6.45) is 5.30. The van der Waals surface area contributed by atoms with Crippen molar-refractivity contribution in [2.45, 2.75) is 57.7 Å². The maximum atomic E-state index is 11.3. The summed E-state index contributed by atoms with van der Waals surface area (Å²) in [6, 6.07) is 0.560. The van der Waals surface area contributed by atoms with E-state index in [1.807, 2.05) is 5.38 Å². The van der Waals surface area contributed by atoms with Gasteiger partial charge in [-0.05, 0) is 18.8 Å². The van der Waals surface area contributed by atoms with Crippen LogP contribution in [0.15, 0.2) is 10.2 Å². The van der Waals surface area contributed by atoms with Gasteiger partial charge in [-0.2, -0.15) is 0 Å². The molecule has 1 aromatic heterocycles. The van der Waals surface area contributed by atoms with Gasteiger partial charge in [-0.25, -0.2) is 0 Å². The lowest BCUT2D eigenvalue weighted by atomic mass is 9.89. The maximum Gasteiger partial charge on any atom is 0.304 e. The van der Waals surface area contributed by atoms with Gasteiger partial charge in [-0.1, -0.05) is 38.0 Å². The zero-order valence-electron chi connectivity index (χ0n) is 12.4. The molecule has 1 aliphatic carbocycles. The van der Waals surface area contributed by atoms with Gasteiger partial charge in [0.1, 0.15) is 0 Å². The van der Waals surface area contributed by atoms with Crippen molar-refractivity contribution in [3.05, 3.63) is 20.7 Å². The Balaban J connectivity index is 1.76. The monoisotopic (exact) mass is 295 g/mol. The average molecular weight is 295 g/mol. The van der Waals surface area contributed by atoms with Crippen molar-refractivity contribution in [1.82, 2.24) is 15.2 Å². The molecule has 112 valence electrons. The lowest BCUT2D eigenvalue weighted by Crippen LogP contribution is -2.64. The topological polar surface area (TPSA) is 48.1 Å². The van der Waals surface area contributed by atoms with Crippen molar-refractivity contribution in [2.75, 3.05) is 13.1 Å². The van der Waals surface area contributed by atoms with Crippen molar-refractivity contribution < 1.29 is 0 Å². The van der Waals surface area contributed by atoms with Crippen molar-refractivity contribution in [1.29, 1.82) is 0 Å². The highest BCUT2D eigenvalue weighted by molar-refractivity contribution is 7.07. The molecule has 3 rings (SSSR count). The molecule has 1 atom stereocenters. The minimum absolute atomic E-state index is 0.0619. The quantitative estimate of drug-likeness (QED) is 0.898. The van der Waals surface area contributed by atoms with Crippen LogP contribution in [0.3, 0.4) is 0 Å². The van der Waals surface area contributed by atoms with Gasteiger partial charge >= 0.3 is 4.87 Å². The maximum absolute atomic E-state index is 11.3. The van der Waals surface area contributed by atoms with Gasteiger partial charge in [0.2, 0.25) is 0 Å². The van der Waals surface area contributed by atoms with Crippen molar-refractivity contribution in [3.63, 3.8) is 0 Å². The Bertz CT molecular complexity index is 501. The van der Waals surface area contributed by atoms with E-state index in [1.54, 1.807) is 0 Å². The van der Waals surface area contributed by atoms with Gasteiger partial charge < -0.3 is 10.3 Å². The molecule has 0 amide bonds. The van der Waals surface area contributed by atoms with Crippen LogP contribution in [-0.2, 0) is 6.54 Å². The first-order chi connectivity index (χ1) is 9.58. The second kappa shape index (κ2) is 5.62. The molecule has 4 nitrogen and oxygen atoms in total. The summed E-state index contributed by atoms with van der Waals surface area (Å²) in [5, 5.41) is 5.81. The molecule has 0 aromatic carbocycles. The number of hydrogen-bond acceptors (Lipinski definition) is 4. The highest BCUT2D eigenvalue weighted by atomic mass is 32.1. The fourth-order valence-corrected chi connectivity index (χ4v) is 4.41. The van der Waals surface area contributed by atoms with Crippen LogP contribution < -0.4 is 10.2 Å². The molecule has 1 saturated heterocycles. The lowest BCUT2D eigenvalue weighted by Gasteiger charge is -2.47. The Morgan fingerprint density at radius 2 is 2.20 bits per heavy atom. The number of piperazine rings is 1. The third-order valence-electron chi connectivity index (χ3n) is 4.94. The first-order valence-electron chi connectivity index (χ1n) is 7.74. The van der Waals surface area contributed by atoms with E-state index in [0.717, 1.165) is 25.3 Å². The number of thiazole rings is 1. The molecule has 1 unspecified atom stereocenters. The van der Waals surface area contributed by atoms with E-state index in [9.17, 15) is 4.79 Å². The Morgan fingerprint density at radius 3 is 2.80 bits per heavy atom. The highest BCUT2D eigenvalue weighted by Crippen LogP contribution is 2.34. The Labute approximate surface area is 124 Å². The first-order valence-corrected chi connectivity index (χ1v) is 8.62. The summed E-state index contributed by atoms with van der Waals surface area (Å²) in [4.78, 5) is 16.9. The molecule has 1 aliphatic heterocycles. The van der Waals surface area contributed by atoms with Gasteiger partial charge in [0.25, 0.3) is 0 Å². The second-order valence-electron chi connectivity index (χ2n) is 6.76. The van der Waals surface area contributed by atoms with Gasteiger partial charge in [-0.3, -0.25) is 9.69 Å². The largest absolute Gasteiger partial charge is 0.315 e. The third-order valence-corrected chi connectivity index (χ3v) is 5.65. The SMILES string of the molecule is CC(C)C1CNC2(CCCC2)CN1Cc1csc(=O)[nH]1. The molecule has 1 aromatic rings. The van der Waals surface area contributed by atoms with Crippen LogP contribution in [0.5, 0.6) is 0 Å². The van der Waals surface area contributed by atoms with Gasteiger partial charge in [0.05, 0.1) is 0 Å². The first kappa shape index (κ1) is 14.3. The van der Waals surface area contributed by atoms with Crippen LogP contribution in [0.4, 0.5) is 0 Å². The average Bonchev–Trinajstić information content (AvgIpc) is 2.99. The summed E-state index contributed by atoms with van der Waals surface area (Å²) in [5.41, 5.74) is 1.41. The molecule has 2 fully saturated rings. The number of rotatable bonds is 3. The van der Waals surface area contributed by atoms with Gasteiger partial charge in [0.15, 0.2) is 0 Å². The van der Waals surface area contributed by atoms with E-state index in [2.05, 4.69) is 29.0 Å². The summed E-state index contributed by atoms with van der Waals surface area (Å²) < 4.78 is 0. The molecule has 0 bridgehead atoms. The van der Waals surface area contributed by atoms with Crippen molar-refractivity contribution >= 4 is 11.3 Å². The molecular weight excluding hydrogens is 270 g/mol. The fraction of sp³-hybridized carbons (Fsp3) is 0.800. The van der Waals surface area contributed by atoms with E-state index in [1.165, 1.54) is 37.0 Å². The predicted molar refractivity (Wildman–Crippen MR) is 83.2 cm³/mol. The van der Waals surface area contributed by atoms with Gasteiger partial charge in [0, 0.05) is 42.3 Å². The van der Waals surface area contributed by atoms with E-state index in [0.29, 0.717) is 17.5 Å². The summed E-state index contributed by atoms with van der Waals surface area (Å²) in [7, 11) is 0. The van der Waals surface area contributed by atoms with E-state index < -0.39 is 0 Å². The molecule has 0 radical (unpaired) electrons. The number of nitrogens with one attached hydrogen (secondary N) is 2. The lowest BCUT2D eigenvalue weighted by molar-refractivity contribution is 0.0498. The molecule has 2 N–H and O–H groups in total. The minimum atomic E-state index is 0.0619. The van der Waals surface area contributed by atoms with Crippen LogP contribution in [0.2, 0.25) is 0 Å². The van der Waals surface area contributed by atoms with Crippen LogP contribution in [0.1, 0.15) is 45.2 Å². The standard InChI is InChI=1S/C15H25N3OS/c1-11(2)13-7-16-15(5-3-4-6-15)10-18(13)8-12-9-20-14(19)17-12/h9,11,13,16H,3-8,10H2,1-2H3,(H,17,19). The number of aromatic nitrogens is 1. The summed E-state index contributed by atoms with van der Waals surface area (Å²) in [5.74, 6) is 0.631. The number of hydrogen-bond donors (Lipinski definition) is 2. The Morgan fingerprint density at radius 1 is 1.45 bits per heavy atom. The number of aromatic amines is 1. The predicted octanol–water partition coefficient (Wildman–Crippen LogP) is 2.18. The van der Waals surface area contributed by atoms with E-state index >= 15 is 0 Å². The zero-order chi connectivity index (χ0) is 14.2. The minimum Gasteiger partial charge on any atom is -0.315 e. The fourth-order valence-electron chi connectivity index (χ4n) is 3.84. The second-order valence-corrected chi connectivity index (χ2v) is 7.60. The molecular formula is C15H25N3OS. The molecule has 20 heavy (non-hydrogen) atoms. The van der Waals surface area contributed by atoms with E-state index in [-0.39, 0.29) is 4.87 Å². The van der Waals surface area contributed by atoms with Crippen molar-refractivity contribution in [3.8, 4) is 0 Å². The molecule has 1 spiro atoms. The third kappa shape index (κ3) is 2.85. The number of nitrogens with zero attached hydrogens (tertiary/aromatic N) is 1. The van der Waals surface area contributed by atoms with Crippen LogP contribution in [0, 0.1) is 5.92 Å². The Hall–Kier alpha value is -0.650. The molecule has 5 heteroatoms. The van der Waals surface area contributed by atoms with Crippen LogP contribution in [-0.4, -0.2) is 34.6 Å². The highest BCUT2D eigenvalue weighted by Gasteiger charge is 2.41. The molecule has 2 heterocycles. The summed E-state index contributed by atoms with van der Waals surface area (Å²) >= 11 is 1.27. The number of H-pyrrole nitrogens is 1. The van der Waals surface area contributed by atoms with Crippen molar-refractivity contribution in [2.24, 2.45) is 5.92 Å². The molecule has 1 saturated carbocycles. The van der Waals surface area contributed by atoms with E-state index in [4.69, 9.17) is 0 Å². The normalized spacial score (nSPS) is 26.6. The van der Waals surface area contributed by atoms with Crippen LogP contribution >= 0.6 is 11.3 Å². The zero-order valence-corrected chi connectivity index (χ0v) is 13.3. The smallest absolute Gasteiger partial charge is 0.304 e. The van der Waals surface area contributed by atoms with Gasteiger partial charge in [-0.15, -0.1) is 0 Å².